The molecule has 0 aromatic heterocycles. The van der Waals surface area contributed by atoms with Crippen molar-refractivity contribution in [2.24, 2.45) is 23.7 Å². The van der Waals surface area contributed by atoms with Crippen molar-refractivity contribution in [2.75, 3.05) is 13.2 Å². The van der Waals surface area contributed by atoms with Crippen LogP contribution in [0.2, 0.25) is 0 Å². The molecule has 3 aliphatic rings. The number of aliphatic hydroxyl groups is 1. The lowest BCUT2D eigenvalue weighted by Crippen LogP contribution is -2.60. The van der Waals surface area contributed by atoms with Crippen LogP contribution in [0.15, 0.2) is 0 Å². The Morgan fingerprint density at radius 2 is 2.00 bits per heavy atom. The maximum absolute atomic E-state index is 13.9. The number of aliphatic hydroxyl groups excluding tert-OH is 1. The molecule has 0 aliphatic carbocycles. The molecular weight excluding hydrogens is 404 g/mol. The third-order valence-corrected chi connectivity index (χ3v) is 9.34. The number of thioether (sulfide) groups is 1. The second-order valence-corrected chi connectivity index (χ2v) is 10.9. The Bertz CT molecular complexity index is 701. The van der Waals surface area contributed by atoms with Gasteiger partial charge in [0.15, 0.2) is 0 Å². The number of ether oxygens (including phenoxy) is 1. The first-order valence-corrected chi connectivity index (χ1v) is 12.1. The number of fused-ring (bicyclic) bond motifs is 1. The molecule has 3 heterocycles. The smallest absolute Gasteiger partial charge is 0.310 e. The molecule has 2 N–H and O–H groups in total. The van der Waals surface area contributed by atoms with Crippen LogP contribution in [0.3, 0.4) is 0 Å². The molecule has 3 fully saturated rings. The van der Waals surface area contributed by atoms with Crippen LogP contribution in [0.5, 0.6) is 0 Å². The number of likely N-dealkylation sites (tertiary alicyclic amines) is 1. The fraction of sp³-hybridized carbons (Fsp3) is 0.864. The highest BCUT2D eigenvalue weighted by molar-refractivity contribution is 8.02. The molecule has 3 rings (SSSR count). The molecule has 1 spiro atoms. The summed E-state index contributed by atoms with van der Waals surface area (Å²) in [4.78, 5) is 41.9. The highest BCUT2D eigenvalue weighted by atomic mass is 32.2. The van der Waals surface area contributed by atoms with Gasteiger partial charge in [0.1, 0.15) is 6.04 Å². The van der Waals surface area contributed by atoms with Gasteiger partial charge in [-0.25, -0.2) is 0 Å². The molecular formula is C22H36N2O5S. The van der Waals surface area contributed by atoms with Gasteiger partial charge in [0.2, 0.25) is 11.8 Å². The van der Waals surface area contributed by atoms with E-state index in [0.29, 0.717) is 0 Å². The Morgan fingerprint density at radius 3 is 2.53 bits per heavy atom. The number of amides is 2. The summed E-state index contributed by atoms with van der Waals surface area (Å²) in [6.45, 7) is 11.7. The van der Waals surface area contributed by atoms with Crippen molar-refractivity contribution in [3.05, 3.63) is 0 Å². The first kappa shape index (κ1) is 23.4. The van der Waals surface area contributed by atoms with Crippen LogP contribution in [-0.2, 0) is 19.1 Å². The maximum Gasteiger partial charge on any atom is 0.310 e. The number of rotatable bonds is 8. The number of nitrogens with zero attached hydrogens (tertiary/aromatic N) is 1. The van der Waals surface area contributed by atoms with Gasteiger partial charge in [-0.2, -0.15) is 0 Å². The van der Waals surface area contributed by atoms with Gasteiger partial charge in [-0.1, -0.05) is 27.2 Å². The second-order valence-electron chi connectivity index (χ2n) is 9.35. The predicted molar refractivity (Wildman–Crippen MR) is 116 cm³/mol. The van der Waals surface area contributed by atoms with Crippen molar-refractivity contribution in [3.8, 4) is 0 Å². The van der Waals surface area contributed by atoms with Crippen LogP contribution in [0.4, 0.5) is 0 Å². The van der Waals surface area contributed by atoms with Crippen LogP contribution in [-0.4, -0.2) is 69.1 Å². The van der Waals surface area contributed by atoms with Crippen LogP contribution in [0, 0.1) is 23.7 Å². The lowest BCUT2D eigenvalue weighted by Gasteiger charge is -2.41. The number of carbonyl (C=O) groups is 3. The SMILES string of the molecule is CCOC(=O)[C@@H]1[C@@H]2CC(C)C3(S2)C(C(=O)NC(C)C)N([C@@H](CO)[C@@H](C)CC)C(=O)[C@H]13. The zero-order chi connectivity index (χ0) is 22.4. The van der Waals surface area contributed by atoms with Crippen LogP contribution in [0.25, 0.3) is 0 Å². The standard InChI is InChI=1S/C22H36N2O5S/c1-7-12(5)14(10-25)24-18(19(26)23-11(3)4)22-13(6)9-15(30-22)16(17(22)20(24)27)21(28)29-8-2/h11-18,25H,7-10H2,1-6H3,(H,23,26)/t12-,13?,14-,15-,16+,17-,18?,22?/m0/s1. The molecule has 30 heavy (non-hydrogen) atoms. The fourth-order valence-corrected chi connectivity index (χ4v) is 8.20. The van der Waals surface area contributed by atoms with Crippen molar-refractivity contribution in [1.82, 2.24) is 10.2 Å². The first-order chi connectivity index (χ1) is 14.1. The molecule has 3 saturated heterocycles. The lowest BCUT2D eigenvalue weighted by molar-refractivity contribution is -0.154. The highest BCUT2D eigenvalue weighted by Crippen LogP contribution is 2.69. The minimum atomic E-state index is -0.701. The summed E-state index contributed by atoms with van der Waals surface area (Å²) in [6.07, 6.45) is 1.56. The monoisotopic (exact) mass is 440 g/mol. The Morgan fingerprint density at radius 1 is 1.33 bits per heavy atom. The van der Waals surface area contributed by atoms with E-state index in [4.69, 9.17) is 4.74 Å². The van der Waals surface area contributed by atoms with Crippen LogP contribution < -0.4 is 5.32 Å². The number of carbonyl (C=O) groups excluding carboxylic acids is 3. The lowest BCUT2D eigenvalue weighted by atomic mass is 9.66. The molecule has 8 heteroatoms. The normalized spacial score (nSPS) is 36.7. The molecule has 2 amide bonds. The van der Waals surface area contributed by atoms with E-state index in [2.05, 4.69) is 12.2 Å². The van der Waals surface area contributed by atoms with E-state index in [9.17, 15) is 19.5 Å². The summed E-state index contributed by atoms with van der Waals surface area (Å²) >= 11 is 1.63. The molecule has 0 aromatic rings. The Labute approximate surface area is 183 Å². The minimum absolute atomic E-state index is 0.0133. The molecule has 2 bridgehead atoms. The largest absolute Gasteiger partial charge is 0.466 e. The number of hydrogen-bond acceptors (Lipinski definition) is 6. The van der Waals surface area contributed by atoms with E-state index in [0.717, 1.165) is 12.8 Å². The van der Waals surface area contributed by atoms with Crippen molar-refractivity contribution >= 4 is 29.5 Å². The zero-order valence-electron chi connectivity index (χ0n) is 18.9. The van der Waals surface area contributed by atoms with Gasteiger partial charge in [0.25, 0.3) is 0 Å². The molecule has 3 aliphatic heterocycles. The summed E-state index contributed by atoms with van der Waals surface area (Å²) in [5.74, 6) is -1.69. The van der Waals surface area contributed by atoms with Gasteiger partial charge in [-0.15, -0.1) is 11.8 Å². The molecule has 170 valence electrons. The summed E-state index contributed by atoms with van der Waals surface area (Å²) in [5, 5.41) is 13.2. The second kappa shape index (κ2) is 8.69. The molecule has 8 atom stereocenters. The Kier molecular flexibility index (Phi) is 6.77. The molecule has 0 saturated carbocycles. The third kappa shape index (κ3) is 3.34. The molecule has 7 nitrogen and oxygen atoms in total. The average molecular weight is 441 g/mol. The van der Waals surface area contributed by atoms with Crippen LogP contribution >= 0.6 is 11.8 Å². The van der Waals surface area contributed by atoms with Gasteiger partial charge >= 0.3 is 5.97 Å². The van der Waals surface area contributed by atoms with Crippen molar-refractivity contribution in [3.63, 3.8) is 0 Å². The number of nitrogens with one attached hydrogen (secondary N) is 1. The third-order valence-electron chi connectivity index (χ3n) is 7.27. The summed E-state index contributed by atoms with van der Waals surface area (Å²) in [5.41, 5.74) is 0. The molecule has 0 aromatic carbocycles. The maximum atomic E-state index is 13.9. The Hall–Kier alpha value is -1.28. The average Bonchev–Trinajstić information content (AvgIpc) is 3.26. The first-order valence-electron chi connectivity index (χ1n) is 11.2. The van der Waals surface area contributed by atoms with Gasteiger partial charge in [0.05, 0.1) is 35.8 Å². The number of esters is 1. The van der Waals surface area contributed by atoms with E-state index in [-0.39, 0.29) is 54.1 Å². The summed E-state index contributed by atoms with van der Waals surface area (Å²) in [7, 11) is 0. The molecule has 3 unspecified atom stereocenters. The van der Waals surface area contributed by atoms with E-state index in [1.807, 2.05) is 27.7 Å². The summed E-state index contributed by atoms with van der Waals surface area (Å²) in [6, 6.07) is -1.23. The van der Waals surface area contributed by atoms with Crippen molar-refractivity contribution in [2.45, 2.75) is 82.5 Å². The van der Waals surface area contributed by atoms with E-state index in [1.165, 1.54) is 0 Å². The van der Waals surface area contributed by atoms with Gasteiger partial charge in [-0.05, 0) is 39.0 Å². The van der Waals surface area contributed by atoms with Gasteiger partial charge in [0, 0.05) is 11.3 Å². The van der Waals surface area contributed by atoms with Gasteiger partial charge in [-0.3, -0.25) is 14.4 Å². The minimum Gasteiger partial charge on any atom is -0.466 e. The van der Waals surface area contributed by atoms with E-state index < -0.39 is 28.7 Å². The predicted octanol–water partition coefficient (Wildman–Crippen LogP) is 1.82. The molecule has 0 radical (unpaired) electrons. The fourth-order valence-electron chi connectivity index (χ4n) is 5.80. The summed E-state index contributed by atoms with van der Waals surface area (Å²) < 4.78 is 4.68. The van der Waals surface area contributed by atoms with Crippen molar-refractivity contribution < 1.29 is 24.2 Å². The number of hydrogen-bond donors (Lipinski definition) is 2. The zero-order valence-corrected chi connectivity index (χ0v) is 19.7. The van der Waals surface area contributed by atoms with Crippen molar-refractivity contribution in [1.29, 1.82) is 0 Å². The topological polar surface area (TPSA) is 95.9 Å². The Balaban J connectivity index is 2.11. The van der Waals surface area contributed by atoms with Gasteiger partial charge < -0.3 is 20.1 Å². The van der Waals surface area contributed by atoms with E-state index in [1.54, 1.807) is 23.6 Å². The quantitative estimate of drug-likeness (QED) is 0.559. The highest BCUT2D eigenvalue weighted by Gasteiger charge is 2.77. The van der Waals surface area contributed by atoms with E-state index >= 15 is 0 Å². The van der Waals surface area contributed by atoms with Crippen LogP contribution in [0.1, 0.15) is 54.4 Å².